The maximum Gasteiger partial charge on any atom is 0.165 e. The topological polar surface area (TPSA) is 72.3 Å². The molecule has 6 nitrogen and oxygen atoms in total. The molecule has 10 aromatic rings. The molecule has 0 saturated heterocycles. The summed E-state index contributed by atoms with van der Waals surface area (Å²) in [6, 6.07) is 54.0. The lowest BCUT2D eigenvalue weighted by Crippen LogP contribution is -2.04. The zero-order chi connectivity index (χ0) is 38.1. The van der Waals surface area contributed by atoms with E-state index < -0.39 is 0 Å². The molecule has 0 spiro atoms. The SMILES string of the molecule is Cc1ccc2c(c1)c1ccccc1n2-c1cc(-c2cccc(C#N)c2)ccc1-c1ccc(-n2c3ccccc3c3cc(C)ccc32)c(-c2nc(C)nc(C)n2)c1. The number of rotatable bonds is 5. The number of nitriles is 1. The second-order valence-electron chi connectivity index (χ2n) is 14.7. The predicted octanol–water partition coefficient (Wildman–Crippen LogP) is 12.2. The van der Waals surface area contributed by atoms with Crippen molar-refractivity contribution in [1.29, 1.82) is 5.26 Å². The van der Waals surface area contributed by atoms with Crippen LogP contribution in [0.15, 0.2) is 146 Å². The summed E-state index contributed by atoms with van der Waals surface area (Å²) in [7, 11) is 0. The van der Waals surface area contributed by atoms with Crippen LogP contribution in [0.3, 0.4) is 0 Å². The van der Waals surface area contributed by atoms with Crippen LogP contribution in [-0.4, -0.2) is 24.1 Å². The Bertz CT molecular complexity index is 3250. The molecule has 0 fully saturated rings. The van der Waals surface area contributed by atoms with Crippen molar-refractivity contribution in [3.8, 4) is 51.1 Å². The maximum atomic E-state index is 9.77. The third-order valence-corrected chi connectivity index (χ3v) is 10.9. The van der Waals surface area contributed by atoms with E-state index in [2.05, 4.69) is 161 Å². The molecule has 10 rings (SSSR count). The van der Waals surface area contributed by atoms with Crippen molar-refractivity contribution < 1.29 is 0 Å². The van der Waals surface area contributed by atoms with E-state index in [-0.39, 0.29) is 0 Å². The molecule has 7 aromatic carbocycles. The lowest BCUT2D eigenvalue weighted by Gasteiger charge is -2.19. The van der Waals surface area contributed by atoms with Crippen molar-refractivity contribution >= 4 is 43.6 Å². The summed E-state index contributed by atoms with van der Waals surface area (Å²) in [6.07, 6.45) is 0. The molecule has 0 amide bonds. The number of fused-ring (bicyclic) bond motifs is 6. The molecule has 0 unspecified atom stereocenters. The highest BCUT2D eigenvalue weighted by Crippen LogP contribution is 2.42. The smallest absolute Gasteiger partial charge is 0.165 e. The third kappa shape index (κ3) is 5.36. The Kier molecular flexibility index (Phi) is 7.65. The molecule has 6 heteroatoms. The summed E-state index contributed by atoms with van der Waals surface area (Å²) in [5.74, 6) is 1.97. The predicted molar refractivity (Wildman–Crippen MR) is 228 cm³/mol. The first kappa shape index (κ1) is 33.2. The normalized spacial score (nSPS) is 11.6. The minimum absolute atomic E-state index is 0.628. The molecule has 56 heavy (non-hydrogen) atoms. The summed E-state index contributed by atoms with van der Waals surface area (Å²) in [5, 5.41) is 14.6. The van der Waals surface area contributed by atoms with E-state index in [0.29, 0.717) is 23.0 Å². The van der Waals surface area contributed by atoms with Crippen LogP contribution >= 0.6 is 0 Å². The van der Waals surface area contributed by atoms with Crippen LogP contribution < -0.4 is 0 Å². The Morgan fingerprint density at radius 1 is 0.429 bits per heavy atom. The summed E-state index contributed by atoms with van der Waals surface area (Å²) in [5.41, 5.74) is 14.6. The number of aryl methyl sites for hydroxylation is 4. The average Bonchev–Trinajstić information content (AvgIpc) is 3.72. The Morgan fingerprint density at radius 2 is 1.00 bits per heavy atom. The number of hydrogen-bond donors (Lipinski definition) is 0. The van der Waals surface area contributed by atoms with Crippen LogP contribution in [0, 0.1) is 39.0 Å². The van der Waals surface area contributed by atoms with Gasteiger partial charge in [0.15, 0.2) is 5.82 Å². The monoisotopic (exact) mass is 720 g/mol. The van der Waals surface area contributed by atoms with Crippen molar-refractivity contribution in [2.75, 3.05) is 0 Å². The first-order valence-electron chi connectivity index (χ1n) is 18.8. The minimum atomic E-state index is 0.628. The van der Waals surface area contributed by atoms with E-state index in [1.54, 1.807) is 0 Å². The van der Waals surface area contributed by atoms with Crippen molar-refractivity contribution in [3.05, 3.63) is 174 Å². The number of nitrogens with zero attached hydrogens (tertiary/aromatic N) is 6. The standard InChI is InChI=1S/C50H36N6/c1-30-16-21-46-41(24-30)39-12-5-7-14-44(39)55(46)48-23-19-37(27-43(48)50-53-32(3)52-33(4)54-50)38-20-18-36(35-11-9-10-34(26-35)29-51)28-49(38)56-45-15-8-6-13-40(45)42-25-31(2)17-22-47(42)56/h5-28H,1-4H3. The Labute approximate surface area is 324 Å². The van der Waals surface area contributed by atoms with Gasteiger partial charge in [0.25, 0.3) is 0 Å². The van der Waals surface area contributed by atoms with Gasteiger partial charge in [-0.2, -0.15) is 5.26 Å². The molecule has 0 radical (unpaired) electrons. The van der Waals surface area contributed by atoms with Crippen LogP contribution in [0.5, 0.6) is 0 Å². The van der Waals surface area contributed by atoms with Crippen LogP contribution in [0.2, 0.25) is 0 Å². The molecule has 0 N–H and O–H groups in total. The van der Waals surface area contributed by atoms with Gasteiger partial charge in [0.05, 0.1) is 45.1 Å². The quantitative estimate of drug-likeness (QED) is 0.177. The maximum absolute atomic E-state index is 9.77. The van der Waals surface area contributed by atoms with E-state index in [0.717, 1.165) is 61.3 Å². The first-order chi connectivity index (χ1) is 27.3. The molecule has 3 heterocycles. The Balaban J connectivity index is 1.29. The van der Waals surface area contributed by atoms with Gasteiger partial charge in [0, 0.05) is 32.7 Å². The highest BCUT2D eigenvalue weighted by molar-refractivity contribution is 6.11. The van der Waals surface area contributed by atoms with Crippen molar-refractivity contribution in [3.63, 3.8) is 0 Å². The Hall–Kier alpha value is -7.36. The fourth-order valence-corrected chi connectivity index (χ4v) is 8.42. The van der Waals surface area contributed by atoms with Crippen LogP contribution in [0.1, 0.15) is 28.3 Å². The van der Waals surface area contributed by atoms with E-state index >= 15 is 0 Å². The van der Waals surface area contributed by atoms with Crippen molar-refractivity contribution in [2.24, 2.45) is 0 Å². The summed E-state index contributed by atoms with van der Waals surface area (Å²) in [6.45, 7) is 8.13. The summed E-state index contributed by atoms with van der Waals surface area (Å²) >= 11 is 0. The number of hydrogen-bond acceptors (Lipinski definition) is 4. The molecule has 0 aliphatic carbocycles. The van der Waals surface area contributed by atoms with Gasteiger partial charge in [-0.15, -0.1) is 0 Å². The van der Waals surface area contributed by atoms with E-state index in [1.807, 2.05) is 32.0 Å². The highest BCUT2D eigenvalue weighted by Gasteiger charge is 2.22. The molecule has 0 atom stereocenters. The average molecular weight is 721 g/mol. The van der Waals surface area contributed by atoms with Gasteiger partial charge in [-0.25, -0.2) is 15.0 Å². The van der Waals surface area contributed by atoms with E-state index in [1.165, 1.54) is 32.7 Å². The highest BCUT2D eigenvalue weighted by atomic mass is 15.0. The van der Waals surface area contributed by atoms with Crippen molar-refractivity contribution in [2.45, 2.75) is 27.7 Å². The van der Waals surface area contributed by atoms with Gasteiger partial charge in [-0.3, -0.25) is 0 Å². The van der Waals surface area contributed by atoms with Gasteiger partial charge in [-0.1, -0.05) is 90.0 Å². The van der Waals surface area contributed by atoms with Gasteiger partial charge >= 0.3 is 0 Å². The second-order valence-corrected chi connectivity index (χ2v) is 14.7. The molecule has 0 aliphatic heterocycles. The fraction of sp³-hybridized carbons (Fsp3) is 0.0800. The summed E-state index contributed by atoms with van der Waals surface area (Å²) in [4.78, 5) is 14.5. The van der Waals surface area contributed by atoms with Crippen LogP contribution in [-0.2, 0) is 0 Å². The van der Waals surface area contributed by atoms with Crippen molar-refractivity contribution in [1.82, 2.24) is 24.1 Å². The minimum Gasteiger partial charge on any atom is -0.309 e. The van der Waals surface area contributed by atoms with Gasteiger partial charge in [0.2, 0.25) is 0 Å². The number of para-hydroxylation sites is 2. The molecule has 266 valence electrons. The van der Waals surface area contributed by atoms with E-state index in [4.69, 9.17) is 9.97 Å². The molecular formula is C50H36N6. The van der Waals surface area contributed by atoms with Crippen LogP contribution in [0.25, 0.3) is 88.6 Å². The first-order valence-corrected chi connectivity index (χ1v) is 18.8. The van der Waals surface area contributed by atoms with Gasteiger partial charge in [-0.05, 0) is 111 Å². The third-order valence-electron chi connectivity index (χ3n) is 10.9. The molecule has 0 bridgehead atoms. The zero-order valence-electron chi connectivity index (χ0n) is 31.5. The second kappa shape index (κ2) is 12.9. The lowest BCUT2D eigenvalue weighted by atomic mass is 9.95. The lowest BCUT2D eigenvalue weighted by molar-refractivity contribution is 0.927. The Morgan fingerprint density at radius 3 is 1.64 bits per heavy atom. The van der Waals surface area contributed by atoms with E-state index in [9.17, 15) is 5.26 Å². The van der Waals surface area contributed by atoms with Gasteiger partial charge < -0.3 is 9.13 Å². The number of benzene rings is 7. The van der Waals surface area contributed by atoms with Crippen LogP contribution in [0.4, 0.5) is 0 Å². The molecule has 0 aliphatic rings. The fourth-order valence-electron chi connectivity index (χ4n) is 8.42. The molecule has 3 aromatic heterocycles. The number of aromatic nitrogens is 5. The van der Waals surface area contributed by atoms with Gasteiger partial charge in [0.1, 0.15) is 11.6 Å². The largest absolute Gasteiger partial charge is 0.309 e. The molecule has 0 saturated carbocycles. The summed E-state index contributed by atoms with van der Waals surface area (Å²) < 4.78 is 4.73. The zero-order valence-corrected chi connectivity index (χ0v) is 31.5. The molecular weight excluding hydrogens is 685 g/mol.